The molecule has 0 bridgehead atoms. The van der Waals surface area contributed by atoms with Gasteiger partial charge >= 0.3 is 5.97 Å². The van der Waals surface area contributed by atoms with E-state index in [0.717, 1.165) is 48.6 Å². The van der Waals surface area contributed by atoms with Gasteiger partial charge in [-0.3, -0.25) is 9.78 Å². The number of hydrogen-bond acceptors (Lipinski definition) is 4. The molecule has 3 aromatic heterocycles. The van der Waals surface area contributed by atoms with Crippen LogP contribution in [0.3, 0.4) is 0 Å². The largest absolute Gasteiger partial charge is 0.423 e. The van der Waals surface area contributed by atoms with Crippen LogP contribution in [0.15, 0.2) is 87.9 Å². The second-order valence-corrected chi connectivity index (χ2v) is 11.0. The average Bonchev–Trinajstić information content (AvgIpc) is 3.28. The number of hydrogen-bond donors (Lipinski definition) is 1. The highest BCUT2D eigenvalue weighted by atomic mass is 79.9. The van der Waals surface area contributed by atoms with Gasteiger partial charge in [0.05, 0.1) is 21.4 Å². The van der Waals surface area contributed by atoms with Crippen molar-refractivity contribution in [1.29, 1.82) is 0 Å². The van der Waals surface area contributed by atoms with Crippen LogP contribution in [0.1, 0.15) is 24.0 Å². The molecular formula is C31H23Br2N3O2. The molecular weight excluding hydrogens is 606 g/mol. The predicted octanol–water partition coefficient (Wildman–Crippen LogP) is 8.69. The Kier molecular flexibility index (Phi) is 6.72. The molecule has 0 aliphatic heterocycles. The van der Waals surface area contributed by atoms with Crippen molar-refractivity contribution in [3.05, 3.63) is 99.1 Å². The number of aromatic nitrogens is 3. The third-order valence-electron chi connectivity index (χ3n) is 6.69. The van der Waals surface area contributed by atoms with E-state index >= 15 is 0 Å². The molecule has 0 fully saturated rings. The first kappa shape index (κ1) is 24.8. The number of ether oxygens (including phenoxy) is 1. The van der Waals surface area contributed by atoms with Crippen molar-refractivity contribution in [2.45, 2.75) is 26.2 Å². The molecule has 6 rings (SSSR count). The van der Waals surface area contributed by atoms with Gasteiger partial charge in [0.25, 0.3) is 0 Å². The number of rotatable bonds is 6. The summed E-state index contributed by atoms with van der Waals surface area (Å²) in [7, 11) is 0. The van der Waals surface area contributed by atoms with Crippen LogP contribution in [0.25, 0.3) is 44.1 Å². The second kappa shape index (κ2) is 10.3. The lowest BCUT2D eigenvalue weighted by Gasteiger charge is -2.11. The summed E-state index contributed by atoms with van der Waals surface area (Å²) in [6.07, 6.45) is 3.32. The first-order chi connectivity index (χ1) is 18.5. The fraction of sp³-hybridized carbons (Fsp3) is 0.129. The summed E-state index contributed by atoms with van der Waals surface area (Å²) in [6.45, 7) is 2.09. The Morgan fingerprint density at radius 2 is 1.82 bits per heavy atom. The molecule has 0 saturated carbocycles. The molecule has 188 valence electrons. The summed E-state index contributed by atoms with van der Waals surface area (Å²) in [5.74, 6) is 0.152. The number of nitrogens with one attached hydrogen (secondary N) is 1. The zero-order valence-corrected chi connectivity index (χ0v) is 23.8. The van der Waals surface area contributed by atoms with Crippen molar-refractivity contribution in [3.8, 4) is 17.1 Å². The number of nitrogens with zero attached hydrogens (tertiary/aromatic N) is 2. The van der Waals surface area contributed by atoms with Crippen LogP contribution in [-0.2, 0) is 11.2 Å². The number of pyridine rings is 2. The van der Waals surface area contributed by atoms with Gasteiger partial charge in [-0.25, -0.2) is 4.98 Å². The van der Waals surface area contributed by atoms with Gasteiger partial charge in [-0.05, 0) is 77.7 Å². The normalized spacial score (nSPS) is 11.4. The fourth-order valence-electron chi connectivity index (χ4n) is 4.86. The summed E-state index contributed by atoms with van der Waals surface area (Å²) < 4.78 is 7.38. The van der Waals surface area contributed by atoms with Crippen LogP contribution in [0.4, 0.5) is 0 Å². The van der Waals surface area contributed by atoms with E-state index in [0.29, 0.717) is 28.6 Å². The highest BCUT2D eigenvalue weighted by Gasteiger charge is 2.18. The van der Waals surface area contributed by atoms with Gasteiger partial charge < -0.3 is 9.72 Å². The van der Waals surface area contributed by atoms with Crippen LogP contribution >= 0.6 is 31.9 Å². The maximum atomic E-state index is 12.9. The summed E-state index contributed by atoms with van der Waals surface area (Å²) >= 11 is 7.08. The standard InChI is InChI=1S/C31H23Br2N3O2/c1-18-11-13-26-22(16-18)20(29(36-26)27-14-12-19-6-2-3-9-25(19)35-27)7-4-10-28(37)38-31-24(33)17-23(32)21-8-5-15-34-30(21)31/h2-3,5-6,8-9,11-17,36H,4,7,10H2,1H3. The number of carbonyl (C=O) groups excluding carboxylic acids is 1. The maximum Gasteiger partial charge on any atom is 0.311 e. The number of para-hydroxylation sites is 1. The van der Waals surface area contributed by atoms with E-state index in [1.165, 1.54) is 5.56 Å². The Morgan fingerprint density at radius 3 is 2.71 bits per heavy atom. The van der Waals surface area contributed by atoms with Crippen molar-refractivity contribution < 1.29 is 9.53 Å². The number of carbonyl (C=O) groups is 1. The fourth-order valence-corrected chi connectivity index (χ4v) is 6.22. The summed E-state index contributed by atoms with van der Waals surface area (Å²) in [5.41, 5.74) is 6.90. The number of halogens is 2. The van der Waals surface area contributed by atoms with Crippen LogP contribution < -0.4 is 4.74 Å². The van der Waals surface area contributed by atoms with Gasteiger partial charge in [0.2, 0.25) is 0 Å². The SMILES string of the molecule is Cc1ccc2[nH]c(-c3ccc4ccccc4n3)c(CCCC(=O)Oc3c(Br)cc(Br)c4cccnc34)c2c1. The van der Waals surface area contributed by atoms with E-state index < -0.39 is 0 Å². The van der Waals surface area contributed by atoms with Gasteiger partial charge in [0.15, 0.2) is 5.75 Å². The smallest absolute Gasteiger partial charge is 0.311 e. The Bertz CT molecular complexity index is 1840. The molecule has 0 spiro atoms. The molecule has 0 aliphatic carbocycles. The quantitative estimate of drug-likeness (QED) is 0.148. The molecule has 1 N–H and O–H groups in total. The Balaban J connectivity index is 1.27. The van der Waals surface area contributed by atoms with E-state index in [1.54, 1.807) is 6.20 Å². The lowest BCUT2D eigenvalue weighted by atomic mass is 10.0. The zero-order chi connectivity index (χ0) is 26.2. The van der Waals surface area contributed by atoms with Crippen molar-refractivity contribution in [2.75, 3.05) is 0 Å². The third-order valence-corrected chi connectivity index (χ3v) is 7.94. The van der Waals surface area contributed by atoms with Crippen molar-refractivity contribution in [1.82, 2.24) is 15.0 Å². The van der Waals surface area contributed by atoms with E-state index in [9.17, 15) is 4.79 Å². The van der Waals surface area contributed by atoms with E-state index in [1.807, 2.05) is 36.4 Å². The minimum Gasteiger partial charge on any atom is -0.423 e. The molecule has 5 nitrogen and oxygen atoms in total. The maximum absolute atomic E-state index is 12.9. The average molecular weight is 629 g/mol. The lowest BCUT2D eigenvalue weighted by molar-refractivity contribution is -0.134. The zero-order valence-electron chi connectivity index (χ0n) is 20.6. The second-order valence-electron chi connectivity index (χ2n) is 9.31. The molecule has 0 atom stereocenters. The number of benzene rings is 3. The van der Waals surface area contributed by atoms with E-state index in [4.69, 9.17) is 9.72 Å². The molecule has 0 aliphatic rings. The monoisotopic (exact) mass is 627 g/mol. The van der Waals surface area contributed by atoms with Gasteiger partial charge in [0.1, 0.15) is 5.52 Å². The van der Waals surface area contributed by atoms with Crippen LogP contribution in [0.5, 0.6) is 5.75 Å². The molecule has 3 aromatic carbocycles. The minimum atomic E-state index is -0.290. The Labute approximate surface area is 236 Å². The van der Waals surface area contributed by atoms with E-state index in [2.05, 4.69) is 85.1 Å². The van der Waals surface area contributed by atoms with Gasteiger partial charge in [-0.15, -0.1) is 0 Å². The van der Waals surface area contributed by atoms with Crippen LogP contribution in [-0.4, -0.2) is 20.9 Å². The first-order valence-electron chi connectivity index (χ1n) is 12.4. The highest BCUT2D eigenvalue weighted by molar-refractivity contribution is 9.11. The molecule has 0 saturated heterocycles. The number of aryl methyl sites for hydroxylation is 2. The lowest BCUT2D eigenvalue weighted by Crippen LogP contribution is -2.09. The molecule has 38 heavy (non-hydrogen) atoms. The summed E-state index contributed by atoms with van der Waals surface area (Å²) in [6, 6.07) is 24.4. The number of aromatic amines is 1. The topological polar surface area (TPSA) is 67.9 Å². The number of esters is 1. The van der Waals surface area contributed by atoms with Gasteiger partial charge in [0, 0.05) is 38.8 Å². The van der Waals surface area contributed by atoms with E-state index in [-0.39, 0.29) is 12.4 Å². The summed E-state index contributed by atoms with van der Waals surface area (Å²) in [5, 5.41) is 3.16. The van der Waals surface area contributed by atoms with Crippen LogP contribution in [0, 0.1) is 6.92 Å². The van der Waals surface area contributed by atoms with Gasteiger partial charge in [-0.2, -0.15) is 0 Å². The summed E-state index contributed by atoms with van der Waals surface area (Å²) in [4.78, 5) is 25.9. The molecule has 0 amide bonds. The minimum absolute atomic E-state index is 0.278. The molecule has 6 aromatic rings. The van der Waals surface area contributed by atoms with Crippen molar-refractivity contribution in [2.24, 2.45) is 0 Å². The van der Waals surface area contributed by atoms with Crippen molar-refractivity contribution in [3.63, 3.8) is 0 Å². The Hall–Kier alpha value is -3.55. The van der Waals surface area contributed by atoms with Gasteiger partial charge in [-0.1, -0.05) is 57.9 Å². The third kappa shape index (κ3) is 4.72. The number of fused-ring (bicyclic) bond motifs is 3. The first-order valence-corrected chi connectivity index (χ1v) is 14.0. The molecule has 0 unspecified atom stereocenters. The predicted molar refractivity (Wildman–Crippen MR) is 159 cm³/mol. The molecule has 7 heteroatoms. The molecule has 0 radical (unpaired) electrons. The Morgan fingerprint density at radius 1 is 0.947 bits per heavy atom. The van der Waals surface area contributed by atoms with Crippen LogP contribution in [0.2, 0.25) is 0 Å². The van der Waals surface area contributed by atoms with Crippen molar-refractivity contribution >= 4 is 70.5 Å². The molecule has 3 heterocycles. The highest BCUT2D eigenvalue weighted by Crippen LogP contribution is 2.38. The number of H-pyrrole nitrogens is 1.